The van der Waals surface area contributed by atoms with Crippen LogP contribution in [0.25, 0.3) is 0 Å². The van der Waals surface area contributed by atoms with Crippen molar-refractivity contribution >= 4 is 15.9 Å². The molecule has 16 heavy (non-hydrogen) atoms. The average Bonchev–Trinajstić information content (AvgIpc) is 2.64. The first-order valence-electron chi connectivity index (χ1n) is 5.02. The minimum absolute atomic E-state index is 0.0537. The van der Waals surface area contributed by atoms with E-state index in [0.29, 0.717) is 18.7 Å². The summed E-state index contributed by atoms with van der Waals surface area (Å²) in [5.41, 5.74) is 0. The van der Waals surface area contributed by atoms with E-state index in [1.807, 2.05) is 0 Å². The van der Waals surface area contributed by atoms with Crippen molar-refractivity contribution in [2.75, 3.05) is 0 Å². The summed E-state index contributed by atoms with van der Waals surface area (Å²) in [6, 6.07) is 0. The number of hydrogen-bond donors (Lipinski definition) is 0. The predicted octanol–water partition coefficient (Wildman–Crippen LogP) is 3.67. The largest absolute Gasteiger partial charge is 0.391 e. The zero-order chi connectivity index (χ0) is 11.8. The van der Waals surface area contributed by atoms with Gasteiger partial charge in [0.15, 0.2) is 0 Å². The van der Waals surface area contributed by atoms with E-state index in [9.17, 15) is 13.2 Å². The summed E-state index contributed by atoms with van der Waals surface area (Å²) in [7, 11) is 0. The Balaban J connectivity index is 2.07. The molecule has 1 aliphatic carbocycles. The van der Waals surface area contributed by atoms with Crippen LogP contribution in [0.4, 0.5) is 13.2 Å². The van der Waals surface area contributed by atoms with Gasteiger partial charge in [0.25, 0.3) is 0 Å². The lowest BCUT2D eigenvalue weighted by Crippen LogP contribution is -2.28. The predicted molar refractivity (Wildman–Crippen MR) is 52.8 cm³/mol. The van der Waals surface area contributed by atoms with E-state index < -0.39 is 12.1 Å². The molecule has 2 rings (SSSR count). The molecule has 3 nitrogen and oxygen atoms in total. The van der Waals surface area contributed by atoms with Gasteiger partial charge in [-0.25, -0.2) is 0 Å². The molecule has 2 atom stereocenters. The van der Waals surface area contributed by atoms with Gasteiger partial charge < -0.3 is 4.52 Å². The molecule has 0 amide bonds. The van der Waals surface area contributed by atoms with Gasteiger partial charge in [0.2, 0.25) is 10.6 Å². The molecule has 1 aliphatic rings. The SMILES string of the molecule is FC(F)(F)C1CCCC(c2nc(Br)no2)C1. The summed E-state index contributed by atoms with van der Waals surface area (Å²) in [4.78, 5) is 3.92. The number of alkyl halides is 3. The molecule has 1 aromatic rings. The highest BCUT2D eigenvalue weighted by Crippen LogP contribution is 2.43. The molecule has 90 valence electrons. The molecule has 0 N–H and O–H groups in total. The summed E-state index contributed by atoms with van der Waals surface area (Å²) < 4.78 is 42.9. The number of hydrogen-bond acceptors (Lipinski definition) is 3. The Morgan fingerprint density at radius 2 is 2.06 bits per heavy atom. The second-order valence-corrected chi connectivity index (χ2v) is 4.71. The molecule has 7 heteroatoms. The Bertz CT molecular complexity index is 366. The lowest BCUT2D eigenvalue weighted by Gasteiger charge is -2.28. The Morgan fingerprint density at radius 1 is 1.31 bits per heavy atom. The van der Waals surface area contributed by atoms with Gasteiger partial charge in [-0.15, -0.1) is 0 Å². The third kappa shape index (κ3) is 2.56. The van der Waals surface area contributed by atoms with Crippen LogP contribution in [-0.4, -0.2) is 16.3 Å². The molecule has 0 aliphatic heterocycles. The van der Waals surface area contributed by atoms with Gasteiger partial charge in [-0.1, -0.05) is 6.42 Å². The highest BCUT2D eigenvalue weighted by atomic mass is 79.9. The molecule has 0 saturated heterocycles. The van der Waals surface area contributed by atoms with Gasteiger partial charge in [0, 0.05) is 5.92 Å². The number of rotatable bonds is 1. The van der Waals surface area contributed by atoms with Crippen molar-refractivity contribution in [1.29, 1.82) is 0 Å². The fraction of sp³-hybridized carbons (Fsp3) is 0.778. The van der Waals surface area contributed by atoms with Crippen molar-refractivity contribution in [3.05, 3.63) is 10.6 Å². The maximum Gasteiger partial charge on any atom is 0.391 e. The lowest BCUT2D eigenvalue weighted by molar-refractivity contribution is -0.183. The first-order valence-corrected chi connectivity index (χ1v) is 5.82. The Morgan fingerprint density at radius 3 is 2.62 bits per heavy atom. The second-order valence-electron chi connectivity index (χ2n) is 4.00. The molecule has 1 heterocycles. The van der Waals surface area contributed by atoms with Crippen LogP contribution in [0.2, 0.25) is 0 Å². The van der Waals surface area contributed by atoms with Crippen molar-refractivity contribution < 1.29 is 17.7 Å². The van der Waals surface area contributed by atoms with Crippen molar-refractivity contribution in [3.8, 4) is 0 Å². The minimum atomic E-state index is -4.12. The second kappa shape index (κ2) is 4.35. The van der Waals surface area contributed by atoms with E-state index >= 15 is 0 Å². The maximum absolute atomic E-state index is 12.6. The normalized spacial score (nSPS) is 27.0. The summed E-state index contributed by atoms with van der Waals surface area (Å²) in [6.07, 6.45) is -2.63. The zero-order valence-electron chi connectivity index (χ0n) is 8.30. The van der Waals surface area contributed by atoms with Gasteiger partial charge >= 0.3 is 6.18 Å². The number of halogens is 4. The van der Waals surface area contributed by atoms with Crippen LogP contribution in [0.5, 0.6) is 0 Å². The molecule has 0 aromatic carbocycles. The van der Waals surface area contributed by atoms with E-state index in [-0.39, 0.29) is 23.5 Å². The Labute approximate surface area is 98.5 Å². The fourth-order valence-corrected chi connectivity index (χ4v) is 2.34. The summed E-state index contributed by atoms with van der Waals surface area (Å²) >= 11 is 3.02. The van der Waals surface area contributed by atoms with Crippen LogP contribution in [0.3, 0.4) is 0 Å². The zero-order valence-corrected chi connectivity index (χ0v) is 9.88. The van der Waals surface area contributed by atoms with Crippen LogP contribution in [0, 0.1) is 5.92 Å². The quantitative estimate of drug-likeness (QED) is 0.794. The van der Waals surface area contributed by atoms with Crippen molar-refractivity contribution in [1.82, 2.24) is 10.1 Å². The molecule has 1 saturated carbocycles. The smallest absolute Gasteiger partial charge is 0.338 e. The van der Waals surface area contributed by atoms with Crippen LogP contribution in [0.1, 0.15) is 37.5 Å². The lowest BCUT2D eigenvalue weighted by atomic mass is 9.81. The molecular weight excluding hydrogens is 289 g/mol. The van der Waals surface area contributed by atoms with Crippen molar-refractivity contribution in [2.45, 2.75) is 37.8 Å². The number of aromatic nitrogens is 2. The highest BCUT2D eigenvalue weighted by molar-refractivity contribution is 9.10. The summed E-state index contributed by atoms with van der Waals surface area (Å²) in [5, 5.41) is 3.53. The van der Waals surface area contributed by atoms with E-state index in [1.54, 1.807) is 0 Å². The highest BCUT2D eigenvalue weighted by Gasteiger charge is 2.43. The van der Waals surface area contributed by atoms with E-state index in [0.717, 1.165) is 0 Å². The van der Waals surface area contributed by atoms with Crippen LogP contribution < -0.4 is 0 Å². The first kappa shape index (κ1) is 11.9. The van der Waals surface area contributed by atoms with E-state index in [4.69, 9.17) is 4.52 Å². The molecule has 1 fully saturated rings. The third-order valence-corrected chi connectivity index (χ3v) is 3.23. The Hall–Kier alpha value is -0.590. The first-order chi connectivity index (χ1) is 7.47. The standard InChI is InChI=1S/C9H10BrF3N2O/c10-8-14-7(16-15-8)5-2-1-3-6(4-5)9(11,12)13/h5-6H,1-4H2. The fourth-order valence-electron chi connectivity index (χ4n) is 2.09. The summed E-state index contributed by atoms with van der Waals surface area (Å²) in [5.74, 6) is -1.20. The summed E-state index contributed by atoms with van der Waals surface area (Å²) in [6.45, 7) is 0. The van der Waals surface area contributed by atoms with Gasteiger partial charge in [-0.3, -0.25) is 0 Å². The topological polar surface area (TPSA) is 38.9 Å². The third-order valence-electron chi connectivity index (χ3n) is 2.90. The van der Waals surface area contributed by atoms with Crippen molar-refractivity contribution in [2.24, 2.45) is 5.92 Å². The molecule has 0 bridgehead atoms. The molecule has 2 unspecified atom stereocenters. The van der Waals surface area contributed by atoms with Crippen molar-refractivity contribution in [3.63, 3.8) is 0 Å². The monoisotopic (exact) mass is 298 g/mol. The Kier molecular flexibility index (Phi) is 3.23. The average molecular weight is 299 g/mol. The van der Waals surface area contributed by atoms with Gasteiger partial charge in [0.1, 0.15) is 0 Å². The maximum atomic E-state index is 12.6. The molecular formula is C9H10BrF3N2O. The van der Waals surface area contributed by atoms with Crippen LogP contribution in [0.15, 0.2) is 9.26 Å². The van der Waals surface area contributed by atoms with Gasteiger partial charge in [-0.05, 0) is 40.3 Å². The van der Waals surface area contributed by atoms with Gasteiger partial charge in [0.05, 0.1) is 5.92 Å². The van der Waals surface area contributed by atoms with E-state index in [1.165, 1.54) is 0 Å². The molecule has 0 spiro atoms. The van der Waals surface area contributed by atoms with Crippen LogP contribution >= 0.6 is 15.9 Å². The molecule has 0 radical (unpaired) electrons. The minimum Gasteiger partial charge on any atom is -0.338 e. The van der Waals surface area contributed by atoms with Gasteiger partial charge in [-0.2, -0.15) is 18.2 Å². The van der Waals surface area contributed by atoms with Crippen LogP contribution in [-0.2, 0) is 0 Å². The number of nitrogens with zero attached hydrogens (tertiary/aromatic N) is 2. The van der Waals surface area contributed by atoms with E-state index in [2.05, 4.69) is 26.1 Å². The molecule has 1 aromatic heterocycles.